The summed E-state index contributed by atoms with van der Waals surface area (Å²) in [6, 6.07) is 0.802. The van der Waals surface area contributed by atoms with Gasteiger partial charge in [0.25, 0.3) is 5.91 Å². The number of methoxy groups -OCH3 is 3. The second-order valence-electron chi connectivity index (χ2n) is 6.15. The smallest absolute Gasteiger partial charge is 0.280 e. The number of pyridine rings is 1. The molecule has 0 bridgehead atoms. The van der Waals surface area contributed by atoms with E-state index in [0.29, 0.717) is 16.7 Å². The maximum absolute atomic E-state index is 12.9. The number of carbonyl (C=O) groups excluding carboxylic acids is 1. The number of aliphatic hydroxyl groups excluding tert-OH is 1. The second-order valence-corrected chi connectivity index (χ2v) is 6.91. The average molecular weight is 415 g/mol. The number of fused-ring (bicyclic) bond motifs is 3. The van der Waals surface area contributed by atoms with Gasteiger partial charge >= 0.3 is 0 Å². The van der Waals surface area contributed by atoms with Crippen molar-refractivity contribution in [2.75, 3.05) is 27.9 Å². The van der Waals surface area contributed by atoms with Crippen LogP contribution in [0.3, 0.4) is 0 Å². The molecular formula is C18H20Cl2N2O5. The molecular weight excluding hydrogens is 395 g/mol. The highest BCUT2D eigenvalue weighted by molar-refractivity contribution is 6.46. The van der Waals surface area contributed by atoms with Gasteiger partial charge in [0.05, 0.1) is 36.3 Å². The third-order valence-corrected chi connectivity index (χ3v) is 5.73. The number of carbonyl (C=O) groups is 1. The highest BCUT2D eigenvalue weighted by atomic mass is 35.5. The van der Waals surface area contributed by atoms with E-state index >= 15 is 0 Å². The van der Waals surface area contributed by atoms with Gasteiger partial charge in [0.2, 0.25) is 6.29 Å². The lowest BCUT2D eigenvalue weighted by molar-refractivity contribution is -0.175. The molecule has 1 aromatic carbocycles. The van der Waals surface area contributed by atoms with Crippen LogP contribution in [0.4, 0.5) is 0 Å². The predicted molar refractivity (Wildman–Crippen MR) is 101 cm³/mol. The van der Waals surface area contributed by atoms with Gasteiger partial charge in [-0.1, -0.05) is 23.2 Å². The summed E-state index contributed by atoms with van der Waals surface area (Å²) in [4.78, 5) is 18.9. The van der Waals surface area contributed by atoms with Gasteiger partial charge in [-0.2, -0.15) is 0 Å². The van der Waals surface area contributed by atoms with Crippen molar-refractivity contribution in [2.45, 2.75) is 25.3 Å². The fourth-order valence-electron chi connectivity index (χ4n) is 3.67. The molecule has 2 heterocycles. The summed E-state index contributed by atoms with van der Waals surface area (Å²) in [6.07, 6.45) is 0.550. The highest BCUT2D eigenvalue weighted by Crippen LogP contribution is 2.48. The molecule has 9 heteroatoms. The Labute approximate surface area is 166 Å². The van der Waals surface area contributed by atoms with Crippen LogP contribution in [0.15, 0.2) is 12.3 Å². The fraction of sp³-hybridized carbons (Fsp3) is 0.444. The molecule has 1 aliphatic rings. The maximum Gasteiger partial charge on any atom is 0.280 e. The van der Waals surface area contributed by atoms with Crippen molar-refractivity contribution in [2.24, 2.45) is 0 Å². The van der Waals surface area contributed by atoms with E-state index in [9.17, 15) is 9.90 Å². The van der Waals surface area contributed by atoms with Crippen LogP contribution < -0.4 is 4.74 Å². The zero-order chi connectivity index (χ0) is 19.9. The average Bonchev–Trinajstić information content (AvgIpc) is 2.97. The zero-order valence-corrected chi connectivity index (χ0v) is 16.8. The third-order valence-electron chi connectivity index (χ3n) is 4.89. The number of rotatable bonds is 5. The molecule has 146 valence electrons. The molecule has 3 rings (SSSR count). The molecule has 1 aromatic heterocycles. The summed E-state index contributed by atoms with van der Waals surface area (Å²) in [7, 11) is 4.27. The lowest BCUT2D eigenvalue weighted by Crippen LogP contribution is -2.42. The number of halogens is 2. The lowest BCUT2D eigenvalue weighted by Gasteiger charge is -2.30. The molecule has 2 atom stereocenters. The first-order valence-electron chi connectivity index (χ1n) is 8.24. The molecule has 1 amide bonds. The number of hydrogen-bond donors (Lipinski definition) is 1. The minimum absolute atomic E-state index is 0.269. The van der Waals surface area contributed by atoms with Gasteiger partial charge in [0, 0.05) is 31.4 Å². The van der Waals surface area contributed by atoms with Crippen molar-refractivity contribution in [3.63, 3.8) is 0 Å². The molecule has 0 spiro atoms. The normalized spacial score (nSPS) is 19.0. The summed E-state index contributed by atoms with van der Waals surface area (Å²) in [5, 5.41) is 11.2. The van der Waals surface area contributed by atoms with E-state index in [1.54, 1.807) is 17.2 Å². The van der Waals surface area contributed by atoms with Gasteiger partial charge in [-0.05, 0) is 18.6 Å². The Kier molecular flexibility index (Phi) is 5.79. The Morgan fingerprint density at radius 1 is 1.30 bits per heavy atom. The molecule has 0 saturated heterocycles. The van der Waals surface area contributed by atoms with Gasteiger partial charge in [-0.3, -0.25) is 9.78 Å². The first-order valence-corrected chi connectivity index (χ1v) is 8.99. The van der Waals surface area contributed by atoms with Crippen molar-refractivity contribution in [3.05, 3.63) is 33.4 Å². The van der Waals surface area contributed by atoms with E-state index in [-0.39, 0.29) is 28.6 Å². The molecule has 7 nitrogen and oxygen atoms in total. The van der Waals surface area contributed by atoms with Crippen molar-refractivity contribution in [3.8, 4) is 5.75 Å². The quantitative estimate of drug-likeness (QED) is 0.756. The van der Waals surface area contributed by atoms with Crippen molar-refractivity contribution >= 4 is 40.0 Å². The van der Waals surface area contributed by atoms with E-state index < -0.39 is 12.3 Å². The Balaban J connectivity index is 2.22. The number of benzene rings is 1. The molecule has 1 N–H and O–H groups in total. The molecule has 0 aliphatic carbocycles. The Morgan fingerprint density at radius 3 is 2.52 bits per heavy atom. The molecule has 1 unspecified atom stereocenters. The van der Waals surface area contributed by atoms with E-state index in [2.05, 4.69) is 4.98 Å². The monoisotopic (exact) mass is 414 g/mol. The predicted octanol–water partition coefficient (Wildman–Crippen LogP) is 3.11. The summed E-state index contributed by atoms with van der Waals surface area (Å²) >= 11 is 12.6. The van der Waals surface area contributed by atoms with Gasteiger partial charge in [0.15, 0.2) is 0 Å². The Hall–Kier alpha value is -1.64. The number of ether oxygens (including phenoxy) is 3. The highest BCUT2D eigenvalue weighted by Gasteiger charge is 2.43. The van der Waals surface area contributed by atoms with Crippen LogP contribution in [0.2, 0.25) is 10.0 Å². The molecule has 27 heavy (non-hydrogen) atoms. The van der Waals surface area contributed by atoms with Crippen molar-refractivity contribution in [1.82, 2.24) is 9.88 Å². The Bertz CT molecular complexity index is 888. The van der Waals surface area contributed by atoms with Crippen LogP contribution in [-0.4, -0.2) is 55.1 Å². The second kappa shape index (κ2) is 7.77. The minimum atomic E-state index is -1.07. The first-order chi connectivity index (χ1) is 12.9. The van der Waals surface area contributed by atoms with E-state index in [1.165, 1.54) is 21.3 Å². The standard InChI is InChI=1S/C18H20Cl2N2O5/c1-8-13-9-5-12(25-2)14(19)15(20)16(9)21-6-10(13)11(7-23)22(8)17(24)18(26-3)27-4/h5-6,8,11,18,23H,7H2,1-4H3/t8-,11?/m0/s1. The third kappa shape index (κ3) is 3.03. The number of nitrogens with zero attached hydrogens (tertiary/aromatic N) is 2. The molecule has 2 aromatic rings. The molecule has 0 fully saturated rings. The minimum Gasteiger partial charge on any atom is -0.495 e. The number of hydrogen-bond acceptors (Lipinski definition) is 6. The molecule has 0 radical (unpaired) electrons. The zero-order valence-electron chi connectivity index (χ0n) is 15.3. The number of aromatic nitrogens is 1. The first kappa shape index (κ1) is 20.1. The van der Waals surface area contributed by atoms with E-state index in [0.717, 1.165) is 11.1 Å². The topological polar surface area (TPSA) is 81.1 Å². The van der Waals surface area contributed by atoms with E-state index in [1.807, 2.05) is 6.92 Å². The van der Waals surface area contributed by atoms with Crippen LogP contribution in [0, 0.1) is 0 Å². The maximum atomic E-state index is 12.9. The largest absolute Gasteiger partial charge is 0.495 e. The number of amides is 1. The van der Waals surface area contributed by atoms with Crippen molar-refractivity contribution in [1.29, 1.82) is 0 Å². The summed E-state index contributed by atoms with van der Waals surface area (Å²) in [6.45, 7) is 1.60. The van der Waals surface area contributed by atoms with Crippen molar-refractivity contribution < 1.29 is 24.1 Å². The van der Waals surface area contributed by atoms with Crippen LogP contribution >= 0.6 is 23.2 Å². The summed E-state index contributed by atoms with van der Waals surface area (Å²) in [5.41, 5.74) is 2.07. The number of aliphatic hydroxyl groups is 1. The van der Waals surface area contributed by atoms with Crippen LogP contribution in [0.1, 0.15) is 30.1 Å². The summed E-state index contributed by atoms with van der Waals surface area (Å²) in [5.74, 6) is 0.0245. The van der Waals surface area contributed by atoms with E-state index in [4.69, 9.17) is 37.4 Å². The molecule has 1 aliphatic heterocycles. The van der Waals surface area contributed by atoms with Crippen LogP contribution in [0.5, 0.6) is 5.75 Å². The van der Waals surface area contributed by atoms with Gasteiger partial charge in [-0.25, -0.2) is 0 Å². The van der Waals surface area contributed by atoms with Gasteiger partial charge in [-0.15, -0.1) is 0 Å². The summed E-state index contributed by atoms with van der Waals surface area (Å²) < 4.78 is 15.5. The van der Waals surface area contributed by atoms with Crippen LogP contribution in [-0.2, 0) is 14.3 Å². The van der Waals surface area contributed by atoms with Gasteiger partial charge in [0.1, 0.15) is 10.8 Å². The van der Waals surface area contributed by atoms with Crippen LogP contribution in [0.25, 0.3) is 10.9 Å². The fourth-order valence-corrected chi connectivity index (χ4v) is 4.14. The molecule has 0 saturated carbocycles. The van der Waals surface area contributed by atoms with Gasteiger partial charge < -0.3 is 24.2 Å². The lowest BCUT2D eigenvalue weighted by atomic mass is 9.99. The Morgan fingerprint density at radius 2 is 1.96 bits per heavy atom. The SMILES string of the molecule is COc1cc2c3c(cnc2c(Cl)c1Cl)C(CO)N(C(=O)C(OC)OC)[C@H]3C.